The van der Waals surface area contributed by atoms with Gasteiger partial charge in [0.05, 0.1) is 6.61 Å². The first-order chi connectivity index (χ1) is 9.02. The summed E-state index contributed by atoms with van der Waals surface area (Å²) in [4.78, 5) is 0. The molecule has 106 valence electrons. The summed E-state index contributed by atoms with van der Waals surface area (Å²) in [6.45, 7) is 7.41. The van der Waals surface area contributed by atoms with E-state index < -0.39 is 0 Å². The fraction of sp³-hybridized carbons (Fsp3) is 0.600. The van der Waals surface area contributed by atoms with Gasteiger partial charge in [0.15, 0.2) is 0 Å². The Kier molecular flexibility index (Phi) is 4.71. The van der Waals surface area contributed by atoms with Crippen LogP contribution in [0.15, 0.2) is 12.1 Å². The Hall–Kier alpha value is -0.770. The summed E-state index contributed by atoms with van der Waals surface area (Å²) in [6.07, 6.45) is 1.79. The Morgan fingerprint density at radius 1 is 1.37 bits per heavy atom. The molecular weight excluding hydrogens is 260 g/mol. The van der Waals surface area contributed by atoms with Crippen LogP contribution in [0, 0.1) is 11.8 Å². The Morgan fingerprint density at radius 2 is 2.11 bits per heavy atom. The molecule has 1 aromatic rings. The van der Waals surface area contributed by atoms with Crippen molar-refractivity contribution in [3.05, 3.63) is 28.3 Å². The number of hydrogen-bond donors (Lipinski definition) is 2. The molecule has 1 aromatic carbocycles. The number of hydrogen-bond acceptors (Lipinski definition) is 3. The van der Waals surface area contributed by atoms with Gasteiger partial charge in [0.2, 0.25) is 0 Å². The molecule has 0 amide bonds. The molecule has 0 saturated carbocycles. The standard InChI is InChI=1S/C15H23ClN2O/c1-9(2)10(3)14(18-17)8-12-7-13(16)6-11-4-5-19-15(11)12/h6-7,9-10,14,18H,4-5,8,17H2,1-3H3. The van der Waals surface area contributed by atoms with E-state index in [4.69, 9.17) is 22.2 Å². The van der Waals surface area contributed by atoms with Gasteiger partial charge in [0.1, 0.15) is 5.75 Å². The number of hydrazine groups is 1. The summed E-state index contributed by atoms with van der Waals surface area (Å²) >= 11 is 6.19. The van der Waals surface area contributed by atoms with Crippen molar-refractivity contribution in [2.24, 2.45) is 17.7 Å². The highest BCUT2D eigenvalue weighted by Crippen LogP contribution is 2.34. The predicted octanol–water partition coefficient (Wildman–Crippen LogP) is 2.94. The minimum atomic E-state index is 0.228. The molecule has 0 fully saturated rings. The zero-order valence-corrected chi connectivity index (χ0v) is 12.6. The smallest absolute Gasteiger partial charge is 0.125 e. The molecule has 4 heteroatoms. The number of rotatable bonds is 5. The number of nitrogens with one attached hydrogen (secondary N) is 1. The van der Waals surface area contributed by atoms with E-state index in [-0.39, 0.29) is 6.04 Å². The number of nitrogens with two attached hydrogens (primary N) is 1. The van der Waals surface area contributed by atoms with Crippen LogP contribution in [0.1, 0.15) is 31.9 Å². The van der Waals surface area contributed by atoms with Crippen molar-refractivity contribution in [2.75, 3.05) is 6.61 Å². The molecule has 1 aliphatic heterocycles. The van der Waals surface area contributed by atoms with Crippen LogP contribution in [0.5, 0.6) is 5.75 Å². The van der Waals surface area contributed by atoms with Gasteiger partial charge in [-0.05, 0) is 41.5 Å². The zero-order valence-electron chi connectivity index (χ0n) is 11.9. The Balaban J connectivity index is 2.23. The molecule has 2 rings (SSSR count). The predicted molar refractivity (Wildman–Crippen MR) is 79.5 cm³/mol. The number of halogens is 1. The molecule has 1 heterocycles. The number of fused-ring (bicyclic) bond motifs is 1. The SMILES string of the molecule is CC(C)C(C)C(Cc1cc(Cl)cc2c1OCC2)NN. The van der Waals surface area contributed by atoms with Crippen LogP contribution in [-0.4, -0.2) is 12.6 Å². The first kappa shape index (κ1) is 14.6. The Morgan fingerprint density at radius 3 is 2.74 bits per heavy atom. The van der Waals surface area contributed by atoms with E-state index in [0.29, 0.717) is 11.8 Å². The maximum atomic E-state index is 6.19. The topological polar surface area (TPSA) is 47.3 Å². The summed E-state index contributed by atoms with van der Waals surface area (Å²) in [6, 6.07) is 4.24. The fourth-order valence-electron chi connectivity index (χ4n) is 2.60. The first-order valence-electron chi connectivity index (χ1n) is 6.93. The summed E-state index contributed by atoms with van der Waals surface area (Å²) in [5.74, 6) is 7.80. The first-order valence-corrected chi connectivity index (χ1v) is 7.31. The number of benzene rings is 1. The quantitative estimate of drug-likeness (QED) is 0.645. The van der Waals surface area contributed by atoms with Gasteiger partial charge < -0.3 is 4.74 Å². The minimum Gasteiger partial charge on any atom is -0.493 e. The van der Waals surface area contributed by atoms with Crippen molar-refractivity contribution >= 4 is 11.6 Å². The van der Waals surface area contributed by atoms with Gasteiger partial charge in [-0.15, -0.1) is 0 Å². The highest BCUT2D eigenvalue weighted by atomic mass is 35.5. The summed E-state index contributed by atoms with van der Waals surface area (Å²) < 4.78 is 5.74. The van der Waals surface area contributed by atoms with Crippen LogP contribution in [-0.2, 0) is 12.8 Å². The van der Waals surface area contributed by atoms with Gasteiger partial charge in [0, 0.05) is 17.5 Å². The van der Waals surface area contributed by atoms with Gasteiger partial charge in [-0.25, -0.2) is 0 Å². The molecule has 0 radical (unpaired) electrons. The molecule has 2 atom stereocenters. The van der Waals surface area contributed by atoms with Gasteiger partial charge >= 0.3 is 0 Å². The largest absolute Gasteiger partial charge is 0.493 e. The van der Waals surface area contributed by atoms with Crippen LogP contribution in [0.25, 0.3) is 0 Å². The van der Waals surface area contributed by atoms with Crippen LogP contribution < -0.4 is 16.0 Å². The minimum absolute atomic E-state index is 0.228. The van der Waals surface area contributed by atoms with Crippen molar-refractivity contribution in [2.45, 2.75) is 39.7 Å². The molecule has 0 bridgehead atoms. The second-order valence-electron chi connectivity index (χ2n) is 5.73. The zero-order chi connectivity index (χ0) is 14.0. The summed E-state index contributed by atoms with van der Waals surface area (Å²) in [7, 11) is 0. The molecule has 19 heavy (non-hydrogen) atoms. The number of ether oxygens (including phenoxy) is 1. The molecule has 3 N–H and O–H groups in total. The maximum Gasteiger partial charge on any atom is 0.125 e. The van der Waals surface area contributed by atoms with Crippen LogP contribution in [0.4, 0.5) is 0 Å². The molecule has 3 nitrogen and oxygen atoms in total. The van der Waals surface area contributed by atoms with E-state index in [2.05, 4.69) is 26.2 Å². The lowest BCUT2D eigenvalue weighted by Crippen LogP contribution is -2.43. The molecule has 2 unspecified atom stereocenters. The van der Waals surface area contributed by atoms with Crippen LogP contribution in [0.3, 0.4) is 0 Å². The van der Waals surface area contributed by atoms with Crippen molar-refractivity contribution in [3.8, 4) is 5.75 Å². The van der Waals surface area contributed by atoms with Crippen LogP contribution in [0.2, 0.25) is 5.02 Å². The van der Waals surface area contributed by atoms with E-state index in [9.17, 15) is 0 Å². The van der Waals surface area contributed by atoms with Crippen molar-refractivity contribution in [1.29, 1.82) is 0 Å². The van der Waals surface area contributed by atoms with Crippen molar-refractivity contribution in [3.63, 3.8) is 0 Å². The van der Waals surface area contributed by atoms with Gasteiger partial charge in [0.25, 0.3) is 0 Å². The third-order valence-electron chi connectivity index (χ3n) is 4.17. The lowest BCUT2D eigenvalue weighted by atomic mass is 9.86. The lowest BCUT2D eigenvalue weighted by molar-refractivity contribution is 0.294. The van der Waals surface area contributed by atoms with Gasteiger partial charge in [-0.2, -0.15) is 0 Å². The highest BCUT2D eigenvalue weighted by Gasteiger charge is 2.24. The van der Waals surface area contributed by atoms with E-state index in [0.717, 1.165) is 35.8 Å². The summed E-state index contributed by atoms with van der Waals surface area (Å²) in [5, 5.41) is 0.784. The van der Waals surface area contributed by atoms with Crippen molar-refractivity contribution in [1.82, 2.24) is 5.43 Å². The molecule has 0 saturated heterocycles. The molecule has 1 aliphatic rings. The monoisotopic (exact) mass is 282 g/mol. The Bertz CT molecular complexity index is 448. The fourth-order valence-corrected chi connectivity index (χ4v) is 2.86. The molecule has 0 aromatic heterocycles. The second kappa shape index (κ2) is 6.12. The molecular formula is C15H23ClN2O. The average Bonchev–Trinajstić information content (AvgIpc) is 2.82. The molecule has 0 aliphatic carbocycles. The van der Waals surface area contributed by atoms with Gasteiger partial charge in [-0.1, -0.05) is 32.4 Å². The third-order valence-corrected chi connectivity index (χ3v) is 4.38. The van der Waals surface area contributed by atoms with Gasteiger partial charge in [-0.3, -0.25) is 11.3 Å². The maximum absolute atomic E-state index is 6.19. The normalized spacial score (nSPS) is 17.2. The summed E-state index contributed by atoms with van der Waals surface area (Å²) in [5.41, 5.74) is 5.32. The lowest BCUT2D eigenvalue weighted by Gasteiger charge is -2.27. The third kappa shape index (κ3) is 3.22. The Labute approximate surface area is 120 Å². The van der Waals surface area contributed by atoms with Crippen molar-refractivity contribution < 1.29 is 4.74 Å². The van der Waals surface area contributed by atoms with E-state index in [1.165, 1.54) is 5.56 Å². The van der Waals surface area contributed by atoms with E-state index >= 15 is 0 Å². The van der Waals surface area contributed by atoms with E-state index in [1.54, 1.807) is 0 Å². The van der Waals surface area contributed by atoms with Crippen LogP contribution >= 0.6 is 11.6 Å². The molecule has 0 spiro atoms. The van der Waals surface area contributed by atoms with E-state index in [1.807, 2.05) is 12.1 Å². The highest BCUT2D eigenvalue weighted by molar-refractivity contribution is 6.30. The second-order valence-corrected chi connectivity index (χ2v) is 6.17. The average molecular weight is 283 g/mol.